The molecule has 4 aromatic rings. The highest BCUT2D eigenvalue weighted by atomic mass is 16.1. The molecule has 2 aromatic heterocycles. The number of rotatable bonds is 4. The summed E-state index contributed by atoms with van der Waals surface area (Å²) in [7, 11) is 1.57. The Bertz CT molecular complexity index is 1230. The summed E-state index contributed by atoms with van der Waals surface area (Å²) in [5, 5.41) is 2.58. The van der Waals surface area contributed by atoms with E-state index in [4.69, 9.17) is 4.98 Å². The van der Waals surface area contributed by atoms with Crippen molar-refractivity contribution in [3.8, 4) is 22.5 Å². The van der Waals surface area contributed by atoms with Crippen molar-refractivity contribution in [2.45, 2.75) is 27.3 Å². The van der Waals surface area contributed by atoms with Gasteiger partial charge in [0.05, 0.1) is 6.20 Å². The summed E-state index contributed by atoms with van der Waals surface area (Å²) in [6.07, 6.45) is 1.49. The van der Waals surface area contributed by atoms with Crippen LogP contribution in [0.5, 0.6) is 0 Å². The predicted octanol–water partition coefficient (Wildman–Crippen LogP) is 4.16. The lowest BCUT2D eigenvalue weighted by Gasteiger charge is -2.13. The summed E-state index contributed by atoms with van der Waals surface area (Å²) in [6.45, 7) is 6.97. The van der Waals surface area contributed by atoms with Crippen molar-refractivity contribution < 1.29 is 4.79 Å². The minimum absolute atomic E-state index is 0.259. The van der Waals surface area contributed by atoms with Gasteiger partial charge in [-0.05, 0) is 37.5 Å². The molecule has 29 heavy (non-hydrogen) atoms. The molecule has 0 aliphatic heterocycles. The average Bonchev–Trinajstić information content (AvgIpc) is 3.10. The van der Waals surface area contributed by atoms with Crippen LogP contribution < -0.4 is 5.32 Å². The second-order valence-corrected chi connectivity index (χ2v) is 7.03. The Kier molecular flexibility index (Phi) is 4.84. The van der Waals surface area contributed by atoms with Crippen LogP contribution in [0.15, 0.2) is 48.7 Å². The van der Waals surface area contributed by atoms with Gasteiger partial charge in [0, 0.05) is 19.2 Å². The van der Waals surface area contributed by atoms with E-state index in [0.29, 0.717) is 17.8 Å². The van der Waals surface area contributed by atoms with E-state index in [1.807, 2.05) is 16.7 Å². The van der Waals surface area contributed by atoms with Crippen molar-refractivity contribution in [3.63, 3.8) is 0 Å². The highest BCUT2D eigenvalue weighted by Crippen LogP contribution is 2.34. The van der Waals surface area contributed by atoms with Crippen LogP contribution in [0, 0.1) is 13.8 Å². The van der Waals surface area contributed by atoms with Crippen molar-refractivity contribution in [1.82, 2.24) is 24.8 Å². The van der Waals surface area contributed by atoms with E-state index >= 15 is 0 Å². The van der Waals surface area contributed by atoms with Crippen LogP contribution in [0.4, 0.5) is 0 Å². The molecule has 1 amide bonds. The lowest BCUT2D eigenvalue weighted by atomic mass is 9.94. The number of carbonyl (C=O) groups excluding carboxylic acids is 1. The number of amides is 1. The number of nitrogens with zero attached hydrogens (tertiary/aromatic N) is 4. The fourth-order valence-electron chi connectivity index (χ4n) is 3.67. The number of aromatic nitrogens is 4. The molecule has 6 nitrogen and oxygen atoms in total. The van der Waals surface area contributed by atoms with Gasteiger partial charge in [0.1, 0.15) is 11.5 Å². The zero-order valence-corrected chi connectivity index (χ0v) is 17.0. The van der Waals surface area contributed by atoms with Gasteiger partial charge in [0.25, 0.3) is 5.91 Å². The van der Waals surface area contributed by atoms with Crippen LogP contribution in [0.3, 0.4) is 0 Å². The molecule has 146 valence electrons. The monoisotopic (exact) mass is 385 g/mol. The summed E-state index contributed by atoms with van der Waals surface area (Å²) in [5.41, 5.74) is 7.16. The van der Waals surface area contributed by atoms with Crippen LogP contribution in [-0.4, -0.2) is 32.5 Å². The van der Waals surface area contributed by atoms with Crippen molar-refractivity contribution in [3.05, 3.63) is 65.5 Å². The minimum atomic E-state index is -0.275. The van der Waals surface area contributed by atoms with Gasteiger partial charge < -0.3 is 9.88 Å². The maximum absolute atomic E-state index is 11.9. The van der Waals surface area contributed by atoms with E-state index < -0.39 is 0 Å². The Morgan fingerprint density at radius 1 is 1.03 bits per heavy atom. The lowest BCUT2D eigenvalue weighted by molar-refractivity contribution is 0.0958. The van der Waals surface area contributed by atoms with Gasteiger partial charge >= 0.3 is 0 Å². The number of carbonyl (C=O) groups is 1. The molecule has 0 saturated carbocycles. The second kappa shape index (κ2) is 7.47. The van der Waals surface area contributed by atoms with Gasteiger partial charge in [-0.15, -0.1) is 0 Å². The summed E-state index contributed by atoms with van der Waals surface area (Å²) < 4.78 is 2.04. The minimum Gasteiger partial charge on any atom is -0.354 e. The molecule has 0 saturated heterocycles. The number of hydrogen-bond acceptors (Lipinski definition) is 4. The average molecular weight is 385 g/mol. The quantitative estimate of drug-likeness (QED) is 0.573. The summed E-state index contributed by atoms with van der Waals surface area (Å²) in [6, 6.07) is 14.7. The zero-order chi connectivity index (χ0) is 20.5. The van der Waals surface area contributed by atoms with Gasteiger partial charge in [-0.25, -0.2) is 15.0 Å². The van der Waals surface area contributed by atoms with E-state index in [1.54, 1.807) is 7.05 Å². The van der Waals surface area contributed by atoms with Crippen LogP contribution in [0.1, 0.15) is 28.5 Å². The molecule has 0 bridgehead atoms. The number of fused-ring (bicyclic) bond motifs is 1. The molecule has 0 spiro atoms. The third-order valence-electron chi connectivity index (χ3n) is 5.07. The molecular weight excluding hydrogens is 362 g/mol. The van der Waals surface area contributed by atoms with Gasteiger partial charge in [-0.3, -0.25) is 4.79 Å². The smallest absolute Gasteiger partial charge is 0.271 e. The Hall–Kier alpha value is -3.54. The maximum atomic E-state index is 11.9. The third-order valence-corrected chi connectivity index (χ3v) is 5.07. The van der Waals surface area contributed by atoms with E-state index in [0.717, 1.165) is 17.0 Å². The molecule has 0 aliphatic carbocycles. The first kappa shape index (κ1) is 18.8. The standard InChI is InChI=1S/C23H23N5O/c1-5-28-21(27-20-22(28)25-13-19(26-20)23(29)24-4)18-9-7-6-8-17(18)16-11-10-14(2)12-15(16)3/h6-13H,5H2,1-4H3,(H,24,29). The second-order valence-electron chi connectivity index (χ2n) is 7.03. The van der Waals surface area contributed by atoms with Crippen molar-refractivity contribution in [2.24, 2.45) is 0 Å². The first-order valence-electron chi connectivity index (χ1n) is 9.65. The summed E-state index contributed by atoms with van der Waals surface area (Å²) in [4.78, 5) is 25.6. The maximum Gasteiger partial charge on any atom is 0.271 e. The van der Waals surface area contributed by atoms with Crippen molar-refractivity contribution in [1.29, 1.82) is 0 Å². The van der Waals surface area contributed by atoms with Crippen LogP contribution in [0.2, 0.25) is 0 Å². The van der Waals surface area contributed by atoms with Gasteiger partial charge in [-0.1, -0.05) is 48.0 Å². The van der Waals surface area contributed by atoms with E-state index in [2.05, 4.69) is 66.4 Å². The van der Waals surface area contributed by atoms with E-state index in [-0.39, 0.29) is 11.6 Å². The highest BCUT2D eigenvalue weighted by Gasteiger charge is 2.19. The Morgan fingerprint density at radius 3 is 2.48 bits per heavy atom. The predicted molar refractivity (Wildman–Crippen MR) is 115 cm³/mol. The summed E-state index contributed by atoms with van der Waals surface area (Å²) >= 11 is 0. The summed E-state index contributed by atoms with van der Waals surface area (Å²) in [5.74, 6) is 0.523. The topological polar surface area (TPSA) is 72.7 Å². The molecule has 6 heteroatoms. The third kappa shape index (κ3) is 3.27. The van der Waals surface area contributed by atoms with Crippen LogP contribution >= 0.6 is 0 Å². The molecule has 0 fully saturated rings. The number of imidazole rings is 1. The molecule has 1 N–H and O–H groups in total. The Balaban J connectivity index is 1.94. The molecule has 0 unspecified atom stereocenters. The van der Waals surface area contributed by atoms with E-state index in [1.165, 1.54) is 22.9 Å². The van der Waals surface area contributed by atoms with Gasteiger partial charge in [0.15, 0.2) is 11.3 Å². The number of aryl methyl sites for hydroxylation is 3. The fourth-order valence-corrected chi connectivity index (χ4v) is 3.67. The fraction of sp³-hybridized carbons (Fsp3) is 0.217. The molecule has 0 radical (unpaired) electrons. The van der Waals surface area contributed by atoms with Crippen LogP contribution in [0.25, 0.3) is 33.8 Å². The van der Waals surface area contributed by atoms with Gasteiger partial charge in [0.2, 0.25) is 0 Å². The molecule has 0 atom stereocenters. The SMILES string of the molecule is CCn1c(-c2ccccc2-c2ccc(C)cc2C)nc2nc(C(=O)NC)cnc21. The highest BCUT2D eigenvalue weighted by molar-refractivity contribution is 5.93. The molecule has 2 aromatic carbocycles. The van der Waals surface area contributed by atoms with Crippen molar-refractivity contribution >= 4 is 17.2 Å². The first-order valence-corrected chi connectivity index (χ1v) is 9.65. The lowest BCUT2D eigenvalue weighted by Crippen LogP contribution is -2.19. The molecule has 0 aliphatic rings. The van der Waals surface area contributed by atoms with Crippen molar-refractivity contribution in [2.75, 3.05) is 7.05 Å². The van der Waals surface area contributed by atoms with Crippen LogP contribution in [-0.2, 0) is 6.54 Å². The Morgan fingerprint density at radius 2 is 1.79 bits per heavy atom. The molecule has 2 heterocycles. The molecule has 4 rings (SSSR count). The van der Waals surface area contributed by atoms with E-state index in [9.17, 15) is 4.79 Å². The number of nitrogens with one attached hydrogen (secondary N) is 1. The molecular formula is C23H23N5O. The number of benzene rings is 2. The Labute approximate surface area is 169 Å². The zero-order valence-electron chi connectivity index (χ0n) is 17.0. The number of hydrogen-bond donors (Lipinski definition) is 1. The van der Waals surface area contributed by atoms with Gasteiger partial charge in [-0.2, -0.15) is 0 Å². The largest absolute Gasteiger partial charge is 0.354 e. The first-order chi connectivity index (χ1) is 14.0. The normalized spacial score (nSPS) is 11.0.